The number of hydrogen-bond acceptors (Lipinski definition) is 3. The molecule has 2 saturated heterocycles. The van der Waals surface area contributed by atoms with Crippen LogP contribution in [0, 0.1) is 0 Å². The predicted octanol–water partition coefficient (Wildman–Crippen LogP) is 0.507. The summed E-state index contributed by atoms with van der Waals surface area (Å²) in [6, 6.07) is 0. The van der Waals surface area contributed by atoms with Crippen LogP contribution in [0.5, 0.6) is 0 Å². The minimum absolute atomic E-state index is 0.471. The van der Waals surface area contributed by atoms with Crippen molar-refractivity contribution in [2.45, 2.75) is 37.9 Å². The highest BCUT2D eigenvalue weighted by molar-refractivity contribution is 4.74. The fourth-order valence-corrected chi connectivity index (χ4v) is 2.14. The zero-order chi connectivity index (χ0) is 8.93. The summed E-state index contributed by atoms with van der Waals surface area (Å²) in [5.41, 5.74) is 0. The predicted molar refractivity (Wildman–Crippen MR) is 52.9 cm³/mol. The van der Waals surface area contributed by atoms with Crippen molar-refractivity contribution in [2.75, 3.05) is 26.2 Å². The fourth-order valence-electron chi connectivity index (χ4n) is 2.14. The number of rotatable bonds is 2. The Morgan fingerprint density at radius 2 is 1.38 bits per heavy atom. The second-order valence-electron chi connectivity index (χ2n) is 4.07. The highest BCUT2D eigenvalue weighted by Gasteiger charge is 2.20. The molecule has 76 valence electrons. The maximum Gasteiger partial charge on any atom is 0.0704 e. The van der Waals surface area contributed by atoms with E-state index in [9.17, 15) is 0 Å². The average Bonchev–Trinajstić information content (AvgIpc) is 2.21. The molecule has 0 aromatic heterocycles. The van der Waals surface area contributed by atoms with Crippen molar-refractivity contribution in [3.63, 3.8) is 0 Å². The molecule has 3 nitrogen and oxygen atoms in total. The summed E-state index contributed by atoms with van der Waals surface area (Å²) in [7, 11) is 0. The van der Waals surface area contributed by atoms with Gasteiger partial charge in [0.15, 0.2) is 0 Å². The van der Waals surface area contributed by atoms with E-state index in [2.05, 4.69) is 10.6 Å². The Kier molecular flexibility index (Phi) is 3.58. The molecular formula is C10H20N2O. The molecule has 2 aliphatic heterocycles. The lowest BCUT2D eigenvalue weighted by atomic mass is 10.1. The average molecular weight is 184 g/mol. The van der Waals surface area contributed by atoms with Crippen molar-refractivity contribution >= 4 is 0 Å². The van der Waals surface area contributed by atoms with Gasteiger partial charge in [0.2, 0.25) is 0 Å². The molecule has 2 N–H and O–H groups in total. The van der Waals surface area contributed by atoms with Crippen LogP contribution in [-0.2, 0) is 4.74 Å². The monoisotopic (exact) mass is 184 g/mol. The molecular weight excluding hydrogens is 164 g/mol. The highest BCUT2D eigenvalue weighted by atomic mass is 16.5. The fraction of sp³-hybridized carbons (Fsp3) is 1.00. The van der Waals surface area contributed by atoms with Crippen LogP contribution in [0.1, 0.15) is 25.7 Å². The summed E-state index contributed by atoms with van der Waals surface area (Å²) in [6.07, 6.45) is 5.96. The van der Waals surface area contributed by atoms with Gasteiger partial charge >= 0.3 is 0 Å². The Bertz CT molecular complexity index is 124. The van der Waals surface area contributed by atoms with Gasteiger partial charge in [-0.1, -0.05) is 0 Å². The van der Waals surface area contributed by atoms with Crippen LogP contribution in [0.3, 0.4) is 0 Å². The van der Waals surface area contributed by atoms with Crippen LogP contribution in [0.25, 0.3) is 0 Å². The molecule has 3 heteroatoms. The first kappa shape index (κ1) is 9.44. The molecule has 0 bridgehead atoms. The molecule has 0 aromatic carbocycles. The zero-order valence-electron chi connectivity index (χ0n) is 8.22. The molecule has 2 unspecified atom stereocenters. The first-order valence-corrected chi connectivity index (χ1v) is 5.52. The Hall–Kier alpha value is -0.120. The van der Waals surface area contributed by atoms with Crippen LogP contribution in [0.2, 0.25) is 0 Å². The Labute approximate surface area is 80.2 Å². The summed E-state index contributed by atoms with van der Waals surface area (Å²) in [5.74, 6) is 0. The second-order valence-corrected chi connectivity index (χ2v) is 4.07. The van der Waals surface area contributed by atoms with Gasteiger partial charge in [0.05, 0.1) is 12.2 Å². The topological polar surface area (TPSA) is 33.3 Å². The van der Waals surface area contributed by atoms with E-state index >= 15 is 0 Å². The summed E-state index contributed by atoms with van der Waals surface area (Å²) in [5, 5.41) is 6.76. The van der Waals surface area contributed by atoms with Crippen LogP contribution in [-0.4, -0.2) is 38.4 Å². The standard InChI is InChI=1S/C10H20N2O/c1-3-9(7-11-5-1)13-10-4-2-6-12-8-10/h9-12H,1-8H2. The summed E-state index contributed by atoms with van der Waals surface area (Å²) in [6.45, 7) is 4.44. The summed E-state index contributed by atoms with van der Waals surface area (Å²) >= 11 is 0. The van der Waals surface area contributed by atoms with Crippen LogP contribution < -0.4 is 10.6 Å². The third kappa shape index (κ3) is 2.93. The van der Waals surface area contributed by atoms with Crippen molar-refractivity contribution in [1.82, 2.24) is 10.6 Å². The molecule has 2 fully saturated rings. The van der Waals surface area contributed by atoms with Crippen LogP contribution in [0.15, 0.2) is 0 Å². The normalized spacial score (nSPS) is 36.0. The maximum atomic E-state index is 6.01. The van der Waals surface area contributed by atoms with Crippen molar-refractivity contribution in [3.8, 4) is 0 Å². The van der Waals surface area contributed by atoms with E-state index in [4.69, 9.17) is 4.74 Å². The molecule has 0 amide bonds. The molecule has 2 heterocycles. The van der Waals surface area contributed by atoms with E-state index in [1.54, 1.807) is 0 Å². The molecule has 0 aliphatic carbocycles. The van der Waals surface area contributed by atoms with Crippen molar-refractivity contribution in [2.24, 2.45) is 0 Å². The maximum absolute atomic E-state index is 6.01. The zero-order valence-corrected chi connectivity index (χ0v) is 8.22. The van der Waals surface area contributed by atoms with Gasteiger partial charge in [-0.05, 0) is 38.8 Å². The molecule has 0 aromatic rings. The van der Waals surface area contributed by atoms with Gasteiger partial charge in [-0.2, -0.15) is 0 Å². The van der Waals surface area contributed by atoms with Crippen molar-refractivity contribution in [3.05, 3.63) is 0 Å². The molecule has 0 spiro atoms. The highest BCUT2D eigenvalue weighted by Crippen LogP contribution is 2.13. The third-order valence-electron chi connectivity index (χ3n) is 2.89. The second kappa shape index (κ2) is 4.94. The SMILES string of the molecule is C1CNCC(OC2CCCNC2)C1. The lowest BCUT2D eigenvalue weighted by Gasteiger charge is -2.30. The van der Waals surface area contributed by atoms with E-state index in [-0.39, 0.29) is 0 Å². The number of nitrogens with one attached hydrogen (secondary N) is 2. The summed E-state index contributed by atoms with van der Waals surface area (Å²) < 4.78 is 6.01. The van der Waals surface area contributed by atoms with Crippen molar-refractivity contribution in [1.29, 1.82) is 0 Å². The lowest BCUT2D eigenvalue weighted by Crippen LogP contribution is -2.42. The van der Waals surface area contributed by atoms with Gasteiger partial charge in [-0.15, -0.1) is 0 Å². The van der Waals surface area contributed by atoms with E-state index < -0.39 is 0 Å². The van der Waals surface area contributed by atoms with Gasteiger partial charge in [0.25, 0.3) is 0 Å². The largest absolute Gasteiger partial charge is 0.372 e. The number of ether oxygens (including phenoxy) is 1. The number of hydrogen-bond donors (Lipinski definition) is 2. The van der Waals surface area contributed by atoms with Gasteiger partial charge in [-0.3, -0.25) is 0 Å². The smallest absolute Gasteiger partial charge is 0.0704 e. The first-order valence-electron chi connectivity index (χ1n) is 5.52. The Morgan fingerprint density at radius 1 is 0.846 bits per heavy atom. The minimum Gasteiger partial charge on any atom is -0.372 e. The van der Waals surface area contributed by atoms with E-state index in [0.717, 1.165) is 13.1 Å². The third-order valence-corrected chi connectivity index (χ3v) is 2.89. The van der Waals surface area contributed by atoms with E-state index in [1.807, 2.05) is 0 Å². The minimum atomic E-state index is 0.471. The molecule has 0 saturated carbocycles. The molecule has 2 rings (SSSR count). The number of piperidine rings is 2. The quantitative estimate of drug-likeness (QED) is 0.656. The van der Waals surface area contributed by atoms with Gasteiger partial charge < -0.3 is 15.4 Å². The van der Waals surface area contributed by atoms with Crippen LogP contribution >= 0.6 is 0 Å². The first-order chi connectivity index (χ1) is 6.45. The molecule has 2 aliphatic rings. The van der Waals surface area contributed by atoms with E-state index in [0.29, 0.717) is 12.2 Å². The van der Waals surface area contributed by atoms with Gasteiger partial charge in [-0.25, -0.2) is 0 Å². The van der Waals surface area contributed by atoms with Gasteiger partial charge in [0.1, 0.15) is 0 Å². The molecule has 0 radical (unpaired) electrons. The lowest BCUT2D eigenvalue weighted by molar-refractivity contribution is -0.0323. The Balaban J connectivity index is 1.69. The Morgan fingerprint density at radius 3 is 1.77 bits per heavy atom. The molecule has 2 atom stereocenters. The van der Waals surface area contributed by atoms with Crippen LogP contribution in [0.4, 0.5) is 0 Å². The molecule has 13 heavy (non-hydrogen) atoms. The van der Waals surface area contributed by atoms with E-state index in [1.165, 1.54) is 38.8 Å². The van der Waals surface area contributed by atoms with Gasteiger partial charge in [0, 0.05) is 13.1 Å². The summed E-state index contributed by atoms with van der Waals surface area (Å²) in [4.78, 5) is 0. The van der Waals surface area contributed by atoms with Crippen molar-refractivity contribution < 1.29 is 4.74 Å².